The largest absolute Gasteiger partial charge is 0.462 e. The van der Waals surface area contributed by atoms with E-state index in [1.165, 1.54) is 0 Å². The van der Waals surface area contributed by atoms with Crippen LogP contribution in [-0.4, -0.2) is 29.9 Å². The summed E-state index contributed by atoms with van der Waals surface area (Å²) in [5.74, 6) is 0.0968. The summed E-state index contributed by atoms with van der Waals surface area (Å²) in [5.41, 5.74) is 1.58. The minimum Gasteiger partial charge on any atom is -0.462 e. The topological polar surface area (TPSA) is 69.7 Å². The fraction of sp³-hybridized carbons (Fsp3) is 0.731. The summed E-state index contributed by atoms with van der Waals surface area (Å²) in [4.78, 5) is 37.5. The fourth-order valence-electron chi connectivity index (χ4n) is 5.22. The number of esters is 2. The van der Waals surface area contributed by atoms with Crippen molar-refractivity contribution in [3.8, 4) is 0 Å². The molecule has 172 valence electrons. The molecule has 0 saturated carbocycles. The Bertz CT molecular complexity index is 790. The first-order valence-electron chi connectivity index (χ1n) is 11.8. The summed E-state index contributed by atoms with van der Waals surface area (Å²) in [7, 11) is 0. The minimum absolute atomic E-state index is 0.00437. The first-order chi connectivity index (χ1) is 14.5. The molecule has 0 aromatic rings. The van der Waals surface area contributed by atoms with E-state index in [4.69, 9.17) is 9.47 Å². The van der Waals surface area contributed by atoms with Gasteiger partial charge in [0.05, 0.1) is 5.41 Å². The Hall–Kier alpha value is -1.91. The van der Waals surface area contributed by atoms with Crippen LogP contribution in [0, 0.1) is 29.1 Å². The molecule has 5 heteroatoms. The van der Waals surface area contributed by atoms with Crippen molar-refractivity contribution in [2.75, 3.05) is 0 Å². The molecule has 0 aromatic heterocycles. The van der Waals surface area contributed by atoms with Crippen molar-refractivity contribution < 1.29 is 23.9 Å². The van der Waals surface area contributed by atoms with E-state index >= 15 is 0 Å². The number of rotatable bonds is 6. The molecule has 0 spiro atoms. The normalized spacial score (nSPS) is 33.7. The monoisotopic (exact) mass is 430 g/mol. The van der Waals surface area contributed by atoms with Gasteiger partial charge >= 0.3 is 11.9 Å². The molecule has 6 atom stereocenters. The number of carbonyl (C=O) groups excluding carboxylic acids is 3. The SMILES string of the molecule is CCC(C)(C)C(=O)O[C@H]1CC(C)=CC2=CC(=O)[C@H](C)[C@H](CC[C@@H]3C[C@@H](C)CC(=O)O3)C21. The maximum Gasteiger partial charge on any atom is 0.311 e. The molecule has 3 aliphatic rings. The van der Waals surface area contributed by atoms with Crippen molar-refractivity contribution in [2.24, 2.45) is 29.1 Å². The molecule has 3 rings (SSSR count). The number of ether oxygens (including phenoxy) is 2. The van der Waals surface area contributed by atoms with Crippen molar-refractivity contribution in [3.63, 3.8) is 0 Å². The van der Waals surface area contributed by atoms with Gasteiger partial charge in [-0.25, -0.2) is 0 Å². The molecule has 0 radical (unpaired) electrons. The van der Waals surface area contributed by atoms with Gasteiger partial charge in [0.25, 0.3) is 0 Å². The number of hydrogen-bond donors (Lipinski definition) is 0. The van der Waals surface area contributed by atoms with Crippen LogP contribution < -0.4 is 0 Å². The van der Waals surface area contributed by atoms with E-state index in [2.05, 4.69) is 13.0 Å². The second kappa shape index (κ2) is 9.30. The van der Waals surface area contributed by atoms with Crippen molar-refractivity contribution in [1.29, 1.82) is 0 Å². The third-order valence-corrected chi connectivity index (χ3v) is 7.58. The highest BCUT2D eigenvalue weighted by molar-refractivity contribution is 5.94. The molecule has 0 aromatic carbocycles. The fourth-order valence-corrected chi connectivity index (χ4v) is 5.22. The zero-order valence-corrected chi connectivity index (χ0v) is 19.9. The minimum atomic E-state index is -0.531. The molecule has 1 unspecified atom stereocenters. The van der Waals surface area contributed by atoms with E-state index in [0.717, 1.165) is 30.4 Å². The van der Waals surface area contributed by atoms with Gasteiger partial charge in [-0.1, -0.05) is 32.4 Å². The Labute approximate surface area is 186 Å². The van der Waals surface area contributed by atoms with Crippen molar-refractivity contribution in [1.82, 2.24) is 0 Å². The number of hydrogen-bond acceptors (Lipinski definition) is 5. The molecule has 0 N–H and O–H groups in total. The molecule has 0 amide bonds. The van der Waals surface area contributed by atoms with Gasteiger partial charge in [0.1, 0.15) is 12.2 Å². The Balaban J connectivity index is 1.82. The van der Waals surface area contributed by atoms with Gasteiger partial charge in [-0.15, -0.1) is 0 Å². The second-order valence-corrected chi connectivity index (χ2v) is 10.6. The number of cyclic esters (lactones) is 1. The van der Waals surface area contributed by atoms with Gasteiger partial charge in [-0.05, 0) is 69.9 Å². The van der Waals surface area contributed by atoms with Crippen LogP contribution in [0.2, 0.25) is 0 Å². The van der Waals surface area contributed by atoms with E-state index < -0.39 is 5.41 Å². The Morgan fingerprint density at radius 3 is 2.52 bits per heavy atom. The number of fused-ring (bicyclic) bond motifs is 1. The van der Waals surface area contributed by atoms with Gasteiger partial charge < -0.3 is 9.47 Å². The van der Waals surface area contributed by atoms with Gasteiger partial charge in [0.15, 0.2) is 5.78 Å². The predicted octanol–water partition coefficient (Wildman–Crippen LogP) is 5.18. The summed E-state index contributed by atoms with van der Waals surface area (Å²) in [6, 6.07) is 0. The number of ketones is 1. The summed E-state index contributed by atoms with van der Waals surface area (Å²) in [6.45, 7) is 11.9. The average Bonchev–Trinajstić information content (AvgIpc) is 2.67. The number of allylic oxidation sites excluding steroid dienone is 2. The second-order valence-electron chi connectivity index (χ2n) is 10.6. The Morgan fingerprint density at radius 1 is 1.16 bits per heavy atom. The molecule has 2 aliphatic carbocycles. The predicted molar refractivity (Wildman–Crippen MR) is 119 cm³/mol. The van der Waals surface area contributed by atoms with Crippen LogP contribution in [0.25, 0.3) is 0 Å². The van der Waals surface area contributed by atoms with Crippen molar-refractivity contribution in [3.05, 3.63) is 23.3 Å². The van der Waals surface area contributed by atoms with Crippen molar-refractivity contribution >= 4 is 17.7 Å². The van der Waals surface area contributed by atoms with Gasteiger partial charge in [0, 0.05) is 24.7 Å². The van der Waals surface area contributed by atoms with Crippen LogP contribution in [0.1, 0.15) is 80.1 Å². The van der Waals surface area contributed by atoms with Crippen LogP contribution in [-0.2, 0) is 23.9 Å². The molecule has 1 saturated heterocycles. The lowest BCUT2D eigenvalue weighted by Gasteiger charge is -2.43. The van der Waals surface area contributed by atoms with E-state index in [9.17, 15) is 14.4 Å². The summed E-state index contributed by atoms with van der Waals surface area (Å²) < 4.78 is 11.7. The summed E-state index contributed by atoms with van der Waals surface area (Å²) in [5, 5.41) is 0. The molecule has 1 aliphatic heterocycles. The van der Waals surface area contributed by atoms with E-state index in [1.54, 1.807) is 6.08 Å². The highest BCUT2D eigenvalue weighted by atomic mass is 16.5. The number of carbonyl (C=O) groups is 3. The average molecular weight is 431 g/mol. The van der Waals surface area contributed by atoms with Gasteiger partial charge in [0.2, 0.25) is 0 Å². The Morgan fingerprint density at radius 2 is 1.87 bits per heavy atom. The van der Waals surface area contributed by atoms with E-state index in [-0.39, 0.29) is 47.7 Å². The molecule has 5 nitrogen and oxygen atoms in total. The quantitative estimate of drug-likeness (QED) is 0.543. The summed E-state index contributed by atoms with van der Waals surface area (Å²) >= 11 is 0. The maximum absolute atomic E-state index is 12.9. The van der Waals surface area contributed by atoms with Crippen molar-refractivity contribution in [2.45, 2.75) is 92.3 Å². The zero-order valence-electron chi connectivity index (χ0n) is 19.9. The smallest absolute Gasteiger partial charge is 0.311 e. The lowest BCUT2D eigenvalue weighted by Crippen LogP contribution is -2.44. The van der Waals surface area contributed by atoms with E-state index in [0.29, 0.717) is 25.2 Å². The summed E-state index contributed by atoms with van der Waals surface area (Å²) in [6.07, 6.45) is 7.78. The first kappa shape index (κ1) is 23.7. The third kappa shape index (κ3) is 5.30. The molecule has 1 fully saturated rings. The first-order valence-corrected chi connectivity index (χ1v) is 11.8. The molecular formula is C26H38O5. The van der Waals surface area contributed by atoms with Gasteiger partial charge in [-0.2, -0.15) is 0 Å². The lowest BCUT2D eigenvalue weighted by molar-refractivity contribution is -0.164. The molecule has 31 heavy (non-hydrogen) atoms. The highest BCUT2D eigenvalue weighted by Gasteiger charge is 2.45. The third-order valence-electron chi connectivity index (χ3n) is 7.58. The lowest BCUT2D eigenvalue weighted by atomic mass is 9.64. The van der Waals surface area contributed by atoms with Crippen LogP contribution >= 0.6 is 0 Å². The standard InChI is InChI=1S/C26H38O5/c1-7-26(5,6)25(29)31-22-12-15(2)10-18-14-21(27)17(4)20(24(18)22)9-8-19-11-16(3)13-23(28)30-19/h10,14,16-17,19-20,22,24H,7-9,11-13H2,1-6H3/t16-,17-,19-,20+,22+,24?/m1/s1. The maximum atomic E-state index is 12.9. The Kier molecular flexibility index (Phi) is 7.12. The highest BCUT2D eigenvalue weighted by Crippen LogP contribution is 2.45. The molecule has 0 bridgehead atoms. The van der Waals surface area contributed by atoms with Crippen LogP contribution in [0.15, 0.2) is 23.3 Å². The zero-order chi connectivity index (χ0) is 22.9. The van der Waals surface area contributed by atoms with Crippen LogP contribution in [0.5, 0.6) is 0 Å². The molecular weight excluding hydrogens is 392 g/mol. The van der Waals surface area contributed by atoms with E-state index in [1.807, 2.05) is 34.6 Å². The van der Waals surface area contributed by atoms with Crippen LogP contribution in [0.4, 0.5) is 0 Å². The van der Waals surface area contributed by atoms with Crippen LogP contribution in [0.3, 0.4) is 0 Å². The van der Waals surface area contributed by atoms with Gasteiger partial charge in [-0.3, -0.25) is 14.4 Å². The molecule has 1 heterocycles.